The molecular formula is C27H22F6OS2. The molecule has 0 radical (unpaired) electrons. The number of thioether (sulfide) groups is 2. The van der Waals surface area contributed by atoms with Crippen molar-refractivity contribution in [2.24, 2.45) is 5.92 Å². The van der Waals surface area contributed by atoms with Crippen molar-refractivity contribution in [3.8, 4) is 28.0 Å². The molecule has 1 fully saturated rings. The normalized spacial score (nSPS) is 18.1. The summed E-state index contributed by atoms with van der Waals surface area (Å²) in [4.78, 5) is 0. The Bertz CT molecular complexity index is 1300. The molecule has 0 saturated carbocycles. The summed E-state index contributed by atoms with van der Waals surface area (Å²) in [7, 11) is 0. The average molecular weight is 541 g/mol. The summed E-state index contributed by atoms with van der Waals surface area (Å²) >= 11 is 2.99. The van der Waals surface area contributed by atoms with Crippen molar-refractivity contribution in [3.63, 3.8) is 0 Å². The Balaban J connectivity index is 1.67. The van der Waals surface area contributed by atoms with E-state index in [9.17, 15) is 13.2 Å². The highest BCUT2D eigenvalue weighted by Gasteiger charge is 2.28. The predicted octanol–water partition coefficient (Wildman–Crippen LogP) is 8.92. The van der Waals surface area contributed by atoms with Crippen molar-refractivity contribution < 1.29 is 31.1 Å². The smallest absolute Gasteiger partial charge is 0.201 e. The highest BCUT2D eigenvalue weighted by molar-refractivity contribution is 8.16. The van der Waals surface area contributed by atoms with Crippen LogP contribution in [-0.4, -0.2) is 18.1 Å². The highest BCUT2D eigenvalue weighted by atomic mass is 32.2. The Morgan fingerprint density at radius 2 is 1.19 bits per heavy atom. The largest absolute Gasteiger partial charge is 0.491 e. The maximum atomic E-state index is 15.1. The van der Waals surface area contributed by atoms with E-state index < -0.39 is 57.2 Å². The molecule has 0 amide bonds. The zero-order chi connectivity index (χ0) is 26.0. The van der Waals surface area contributed by atoms with Gasteiger partial charge in [0.1, 0.15) is 0 Å². The minimum atomic E-state index is -1.51. The molecule has 36 heavy (non-hydrogen) atoms. The molecule has 1 saturated heterocycles. The zero-order valence-electron chi connectivity index (χ0n) is 19.4. The number of ether oxygens (including phenoxy) is 1. The molecule has 3 aromatic rings. The van der Waals surface area contributed by atoms with Crippen molar-refractivity contribution in [3.05, 3.63) is 89.0 Å². The Hall–Kier alpha value is -2.52. The fraction of sp³-hybridized carbons (Fsp3) is 0.259. The van der Waals surface area contributed by atoms with E-state index in [1.807, 2.05) is 13.0 Å². The van der Waals surface area contributed by atoms with E-state index in [0.717, 1.165) is 35.8 Å². The van der Waals surface area contributed by atoms with Crippen molar-refractivity contribution in [1.29, 1.82) is 0 Å². The second-order valence-corrected chi connectivity index (χ2v) is 10.7. The second kappa shape index (κ2) is 11.3. The summed E-state index contributed by atoms with van der Waals surface area (Å²) < 4.78 is 93.5. The van der Waals surface area contributed by atoms with Gasteiger partial charge in [-0.25, -0.2) is 22.0 Å². The topological polar surface area (TPSA) is 9.23 Å². The SMILES string of the molecule is CC=CC1CSC(c2ccc(-c3ccc(-c4ccc(OCC)c(F)c4F)c(F)c3F)c(F)c2F)SC1. The fourth-order valence-corrected chi connectivity index (χ4v) is 7.04. The van der Waals surface area contributed by atoms with Crippen LogP contribution in [0.2, 0.25) is 0 Å². The van der Waals surface area contributed by atoms with E-state index in [4.69, 9.17) is 4.74 Å². The maximum absolute atomic E-state index is 15.1. The standard InChI is InChI=1S/C27H22F6OS2/c1-3-5-14-12-35-27(36-13-14)19-9-8-17(23(30)25(19)32)15-6-7-16(22(29)21(15)28)18-10-11-20(34-4-2)26(33)24(18)31/h3,5-11,14,27H,4,12-13H2,1-2H3. The van der Waals surface area contributed by atoms with Gasteiger partial charge in [-0.3, -0.25) is 0 Å². The summed E-state index contributed by atoms with van der Waals surface area (Å²) in [5.74, 6) is -6.67. The van der Waals surface area contributed by atoms with E-state index in [1.165, 1.54) is 35.7 Å². The molecule has 9 heteroatoms. The first kappa shape index (κ1) is 26.5. The molecule has 0 bridgehead atoms. The molecule has 1 heterocycles. The third kappa shape index (κ3) is 5.00. The molecule has 4 rings (SSSR count). The predicted molar refractivity (Wildman–Crippen MR) is 134 cm³/mol. The van der Waals surface area contributed by atoms with E-state index in [2.05, 4.69) is 6.08 Å². The van der Waals surface area contributed by atoms with Crippen LogP contribution in [-0.2, 0) is 0 Å². The first-order valence-corrected chi connectivity index (χ1v) is 13.3. The van der Waals surface area contributed by atoms with Gasteiger partial charge >= 0.3 is 0 Å². The molecule has 1 nitrogen and oxygen atoms in total. The molecule has 0 spiro atoms. The first-order chi connectivity index (χ1) is 17.3. The van der Waals surface area contributed by atoms with Crippen molar-refractivity contribution in [2.45, 2.75) is 18.4 Å². The van der Waals surface area contributed by atoms with Crippen LogP contribution in [0.3, 0.4) is 0 Å². The first-order valence-electron chi connectivity index (χ1n) is 11.2. The second-order valence-electron chi connectivity index (χ2n) is 8.08. The lowest BCUT2D eigenvalue weighted by Gasteiger charge is -2.26. The summed E-state index contributed by atoms with van der Waals surface area (Å²) in [6.45, 7) is 3.60. The third-order valence-corrected chi connectivity index (χ3v) is 8.93. The number of rotatable bonds is 6. The van der Waals surface area contributed by atoms with Gasteiger partial charge in [0.2, 0.25) is 5.82 Å². The molecule has 0 aromatic heterocycles. The monoisotopic (exact) mass is 540 g/mol. The molecule has 3 aromatic carbocycles. The van der Waals surface area contributed by atoms with Crippen LogP contribution in [0, 0.1) is 40.8 Å². The van der Waals surface area contributed by atoms with Gasteiger partial charge in [0, 0.05) is 39.3 Å². The zero-order valence-corrected chi connectivity index (χ0v) is 21.0. The van der Waals surface area contributed by atoms with E-state index in [0.29, 0.717) is 5.92 Å². The van der Waals surface area contributed by atoms with Gasteiger partial charge in [0.05, 0.1) is 11.2 Å². The fourth-order valence-electron chi connectivity index (χ4n) is 4.01. The van der Waals surface area contributed by atoms with Crippen LogP contribution in [0.4, 0.5) is 26.3 Å². The summed E-state index contributed by atoms with van der Waals surface area (Å²) in [5, 5.41) is 0. The molecule has 1 aliphatic rings. The third-order valence-electron chi connectivity index (χ3n) is 5.76. The van der Waals surface area contributed by atoms with Crippen LogP contribution in [0.15, 0.2) is 48.6 Å². The Labute approximate surface area is 213 Å². The van der Waals surface area contributed by atoms with E-state index in [1.54, 1.807) is 6.92 Å². The number of hydrogen-bond acceptors (Lipinski definition) is 3. The molecule has 0 aliphatic carbocycles. The Morgan fingerprint density at radius 1 is 0.722 bits per heavy atom. The lowest BCUT2D eigenvalue weighted by molar-refractivity contribution is 0.314. The van der Waals surface area contributed by atoms with E-state index >= 15 is 13.2 Å². The summed E-state index contributed by atoms with van der Waals surface area (Å²) in [6, 6.07) is 6.79. The molecule has 0 N–H and O–H groups in total. The number of benzene rings is 3. The van der Waals surface area contributed by atoms with Crippen LogP contribution < -0.4 is 4.74 Å². The van der Waals surface area contributed by atoms with Gasteiger partial charge in [0.15, 0.2) is 34.8 Å². The van der Waals surface area contributed by atoms with Gasteiger partial charge in [-0.1, -0.05) is 36.4 Å². The van der Waals surface area contributed by atoms with Crippen molar-refractivity contribution >= 4 is 23.5 Å². The minimum Gasteiger partial charge on any atom is -0.491 e. The molecular weight excluding hydrogens is 518 g/mol. The number of hydrogen-bond donors (Lipinski definition) is 0. The Morgan fingerprint density at radius 3 is 1.72 bits per heavy atom. The van der Waals surface area contributed by atoms with Crippen LogP contribution in [0.1, 0.15) is 24.0 Å². The maximum Gasteiger partial charge on any atom is 0.201 e. The van der Waals surface area contributed by atoms with Crippen molar-refractivity contribution in [1.82, 2.24) is 0 Å². The number of allylic oxidation sites excluding steroid dienone is 2. The van der Waals surface area contributed by atoms with E-state index in [-0.39, 0.29) is 22.5 Å². The van der Waals surface area contributed by atoms with Crippen LogP contribution in [0.5, 0.6) is 5.75 Å². The molecule has 1 aliphatic heterocycles. The highest BCUT2D eigenvalue weighted by Crippen LogP contribution is 2.47. The van der Waals surface area contributed by atoms with Gasteiger partial charge in [0.25, 0.3) is 0 Å². The van der Waals surface area contributed by atoms with Gasteiger partial charge in [-0.2, -0.15) is 4.39 Å². The van der Waals surface area contributed by atoms with Gasteiger partial charge in [-0.05, 0) is 31.9 Å². The molecule has 0 atom stereocenters. The summed E-state index contributed by atoms with van der Waals surface area (Å²) in [6.07, 6.45) is 4.03. The quantitative estimate of drug-likeness (QED) is 0.228. The lowest BCUT2D eigenvalue weighted by Crippen LogP contribution is -2.13. The van der Waals surface area contributed by atoms with Crippen LogP contribution in [0.25, 0.3) is 22.3 Å². The minimum absolute atomic E-state index is 0.0865. The average Bonchev–Trinajstić information content (AvgIpc) is 2.87. The summed E-state index contributed by atoms with van der Waals surface area (Å²) in [5.41, 5.74) is -1.92. The van der Waals surface area contributed by atoms with Gasteiger partial charge in [-0.15, -0.1) is 23.5 Å². The van der Waals surface area contributed by atoms with Gasteiger partial charge < -0.3 is 4.74 Å². The Kier molecular flexibility index (Phi) is 8.30. The number of halogens is 6. The lowest BCUT2D eigenvalue weighted by atomic mass is 9.97. The van der Waals surface area contributed by atoms with Crippen molar-refractivity contribution in [2.75, 3.05) is 18.1 Å². The van der Waals surface area contributed by atoms with Crippen LogP contribution >= 0.6 is 23.5 Å². The molecule has 190 valence electrons. The molecule has 0 unspecified atom stereocenters.